The van der Waals surface area contributed by atoms with Crippen LogP contribution in [0.1, 0.15) is 27.7 Å². The number of aromatic nitrogens is 4. The number of rotatable bonds is 5. The van der Waals surface area contributed by atoms with Crippen LogP contribution in [-0.4, -0.2) is 37.7 Å². The van der Waals surface area contributed by atoms with Gasteiger partial charge < -0.3 is 18.6 Å². The summed E-state index contributed by atoms with van der Waals surface area (Å²) in [6.45, 7) is 8.04. The van der Waals surface area contributed by atoms with Crippen LogP contribution in [0.3, 0.4) is 0 Å². The second kappa shape index (κ2) is 8.68. The number of nitrogens with zero attached hydrogens (tertiary/aromatic N) is 4. The quantitative estimate of drug-likeness (QED) is 0.391. The molecule has 3 heterocycles. The van der Waals surface area contributed by atoms with Gasteiger partial charge in [-0.05, 0) is 69.6 Å². The molecule has 0 aliphatic carbocycles. The third-order valence-corrected chi connectivity index (χ3v) is 6.65. The maximum absolute atomic E-state index is 13.5. The number of hydrogen-bond acceptors (Lipinski definition) is 6. The molecule has 1 aliphatic heterocycles. The Morgan fingerprint density at radius 1 is 0.971 bits per heavy atom. The molecule has 2 aromatic heterocycles. The monoisotopic (exact) mass is 490 g/mol. The Labute approximate surface area is 208 Å². The summed E-state index contributed by atoms with van der Waals surface area (Å²) < 4.78 is 21.3. The van der Waals surface area contributed by atoms with Gasteiger partial charge in [-0.1, -0.05) is 23.7 Å². The van der Waals surface area contributed by atoms with Gasteiger partial charge in [0, 0.05) is 17.4 Å². The number of benzene rings is 2. The maximum Gasteiger partial charge on any atom is 0.494 e. The molecule has 0 atom stereocenters. The minimum Gasteiger partial charge on any atom is -0.449 e. The van der Waals surface area contributed by atoms with Crippen molar-refractivity contribution < 1.29 is 14.0 Å². The van der Waals surface area contributed by atoms with Gasteiger partial charge in [0.1, 0.15) is 11.4 Å². The first-order valence-electron chi connectivity index (χ1n) is 11.1. The zero-order valence-corrected chi connectivity index (χ0v) is 20.6. The Hall–Kier alpha value is -3.40. The molecule has 1 fully saturated rings. The Morgan fingerprint density at radius 3 is 2.23 bits per heavy atom. The summed E-state index contributed by atoms with van der Waals surface area (Å²) in [5, 5.41) is 4.89. The molecular formula is C25H24BClN4O4. The third kappa shape index (κ3) is 4.38. The molecule has 0 amide bonds. The molecule has 1 aliphatic rings. The van der Waals surface area contributed by atoms with E-state index in [1.165, 1.54) is 4.68 Å². The zero-order valence-electron chi connectivity index (χ0n) is 19.8. The van der Waals surface area contributed by atoms with Crippen molar-refractivity contribution in [3.63, 3.8) is 0 Å². The highest BCUT2D eigenvalue weighted by Gasteiger charge is 2.51. The summed E-state index contributed by atoms with van der Waals surface area (Å²) >= 11 is 6.00. The molecular weight excluding hydrogens is 467 g/mol. The first-order chi connectivity index (χ1) is 16.6. The molecule has 0 N–H and O–H groups in total. The Morgan fingerprint density at radius 2 is 1.63 bits per heavy atom. The second-order valence-corrected chi connectivity index (χ2v) is 9.72. The largest absolute Gasteiger partial charge is 0.494 e. The minimum absolute atomic E-state index is 0.108. The van der Waals surface area contributed by atoms with E-state index in [1.807, 2.05) is 39.8 Å². The molecule has 0 radical (unpaired) electrons. The fourth-order valence-electron chi connectivity index (χ4n) is 3.67. The summed E-state index contributed by atoms with van der Waals surface area (Å²) in [5.41, 5.74) is 0.602. The molecule has 1 saturated heterocycles. The predicted octanol–water partition coefficient (Wildman–Crippen LogP) is 4.16. The van der Waals surface area contributed by atoms with E-state index in [9.17, 15) is 4.79 Å². The molecule has 2 aromatic carbocycles. The van der Waals surface area contributed by atoms with E-state index in [-0.39, 0.29) is 5.75 Å². The number of halogens is 1. The molecule has 178 valence electrons. The van der Waals surface area contributed by atoms with Crippen molar-refractivity contribution in [3.05, 3.63) is 88.8 Å². The van der Waals surface area contributed by atoms with Crippen LogP contribution < -0.4 is 15.8 Å². The molecule has 0 saturated carbocycles. The van der Waals surface area contributed by atoms with E-state index >= 15 is 0 Å². The maximum atomic E-state index is 13.5. The topological polar surface area (TPSA) is 80.4 Å². The molecule has 5 rings (SSSR count). The first-order valence-corrected chi connectivity index (χ1v) is 11.5. The average Bonchev–Trinajstić information content (AvgIpc) is 3.42. The van der Waals surface area contributed by atoms with Gasteiger partial charge in [-0.15, -0.1) is 0 Å². The zero-order chi connectivity index (χ0) is 24.8. The fourth-order valence-corrected chi connectivity index (χ4v) is 3.79. The van der Waals surface area contributed by atoms with Crippen LogP contribution in [0.4, 0.5) is 0 Å². The summed E-state index contributed by atoms with van der Waals surface area (Å²) in [4.78, 5) is 17.5. The SMILES string of the molecule is CC1(C)OB(c2ccc(Oc3c(-n4ccnc4)cnn(-c4ccc(Cl)cc4)c3=O)cc2)OC1(C)C. The van der Waals surface area contributed by atoms with Crippen LogP contribution in [0.5, 0.6) is 11.5 Å². The van der Waals surface area contributed by atoms with Crippen molar-refractivity contribution in [1.29, 1.82) is 0 Å². The Balaban J connectivity index is 1.49. The van der Waals surface area contributed by atoms with E-state index < -0.39 is 23.9 Å². The van der Waals surface area contributed by atoms with Gasteiger partial charge in [-0.25, -0.2) is 4.98 Å². The fraction of sp³-hybridized carbons (Fsp3) is 0.240. The highest BCUT2D eigenvalue weighted by Crippen LogP contribution is 2.36. The smallest absolute Gasteiger partial charge is 0.449 e. The number of ether oxygens (including phenoxy) is 1. The second-order valence-electron chi connectivity index (χ2n) is 9.28. The van der Waals surface area contributed by atoms with Gasteiger partial charge in [-0.3, -0.25) is 4.79 Å². The average molecular weight is 491 g/mol. The molecule has 10 heteroatoms. The Bertz CT molecular complexity index is 1390. The Kier molecular flexibility index (Phi) is 5.79. The van der Waals surface area contributed by atoms with Gasteiger partial charge in [0.25, 0.3) is 0 Å². The van der Waals surface area contributed by atoms with Crippen molar-refractivity contribution >= 4 is 24.2 Å². The van der Waals surface area contributed by atoms with E-state index in [0.717, 1.165) is 5.46 Å². The molecule has 0 spiro atoms. The van der Waals surface area contributed by atoms with Crippen LogP contribution in [0.15, 0.2) is 78.2 Å². The lowest BCUT2D eigenvalue weighted by molar-refractivity contribution is 0.00578. The molecule has 4 aromatic rings. The third-order valence-electron chi connectivity index (χ3n) is 6.39. The predicted molar refractivity (Wildman–Crippen MR) is 134 cm³/mol. The van der Waals surface area contributed by atoms with Gasteiger partial charge in [0.15, 0.2) is 0 Å². The lowest BCUT2D eigenvalue weighted by Crippen LogP contribution is -2.41. The number of imidazole rings is 1. The summed E-state index contributed by atoms with van der Waals surface area (Å²) in [6.07, 6.45) is 6.48. The van der Waals surface area contributed by atoms with Crippen LogP contribution in [0.2, 0.25) is 5.02 Å². The summed E-state index contributed by atoms with van der Waals surface area (Å²) in [6, 6.07) is 14.1. The van der Waals surface area contributed by atoms with Crippen molar-refractivity contribution in [2.75, 3.05) is 0 Å². The van der Waals surface area contributed by atoms with Gasteiger partial charge in [0.2, 0.25) is 5.75 Å². The van der Waals surface area contributed by atoms with Gasteiger partial charge >= 0.3 is 12.7 Å². The number of hydrogen-bond donors (Lipinski definition) is 0. The van der Waals surface area contributed by atoms with Gasteiger partial charge in [0.05, 0.1) is 29.4 Å². The van der Waals surface area contributed by atoms with Crippen LogP contribution in [-0.2, 0) is 9.31 Å². The summed E-state index contributed by atoms with van der Waals surface area (Å²) in [7, 11) is -0.487. The van der Waals surface area contributed by atoms with Crippen LogP contribution in [0, 0.1) is 0 Å². The minimum atomic E-state index is -0.487. The lowest BCUT2D eigenvalue weighted by Gasteiger charge is -2.32. The molecule has 0 bridgehead atoms. The lowest BCUT2D eigenvalue weighted by atomic mass is 9.79. The van der Waals surface area contributed by atoms with E-state index in [2.05, 4.69) is 10.1 Å². The highest BCUT2D eigenvalue weighted by molar-refractivity contribution is 6.62. The highest BCUT2D eigenvalue weighted by atomic mass is 35.5. The summed E-state index contributed by atoms with van der Waals surface area (Å²) in [5.74, 6) is 0.592. The van der Waals surface area contributed by atoms with Crippen LogP contribution >= 0.6 is 11.6 Å². The van der Waals surface area contributed by atoms with Gasteiger partial charge in [-0.2, -0.15) is 9.78 Å². The van der Waals surface area contributed by atoms with Crippen molar-refractivity contribution in [3.8, 4) is 22.9 Å². The molecule has 35 heavy (non-hydrogen) atoms. The molecule has 0 unspecified atom stereocenters. The van der Waals surface area contributed by atoms with Crippen molar-refractivity contribution in [1.82, 2.24) is 19.3 Å². The van der Waals surface area contributed by atoms with Crippen LogP contribution in [0.25, 0.3) is 11.4 Å². The first kappa shape index (κ1) is 23.4. The van der Waals surface area contributed by atoms with E-state index in [0.29, 0.717) is 22.1 Å². The van der Waals surface area contributed by atoms with E-state index in [1.54, 1.807) is 65.9 Å². The van der Waals surface area contributed by atoms with Crippen molar-refractivity contribution in [2.24, 2.45) is 0 Å². The van der Waals surface area contributed by atoms with Crippen molar-refractivity contribution in [2.45, 2.75) is 38.9 Å². The molecule has 8 nitrogen and oxygen atoms in total. The van der Waals surface area contributed by atoms with E-state index in [4.69, 9.17) is 25.6 Å². The standard InChI is InChI=1S/C25H24BClN4O4/c1-24(2)25(3,4)35-26(34-24)17-5-11-20(12-6-17)33-22-21(30-14-13-28-16-30)15-29-31(23(22)32)19-9-7-18(27)8-10-19/h5-16H,1-4H3. The normalized spacial score (nSPS) is 16.4.